The molecule has 4 rings (SSSR count). The molecule has 1 unspecified atom stereocenters. The number of carbonyl (C=O) groups is 3. The Kier molecular flexibility index (Phi) is 5.96. The lowest BCUT2D eigenvalue weighted by Gasteiger charge is -2.28. The molecule has 0 spiro atoms. The van der Waals surface area contributed by atoms with Gasteiger partial charge in [0.05, 0.1) is 0 Å². The van der Waals surface area contributed by atoms with E-state index in [4.69, 9.17) is 0 Å². The summed E-state index contributed by atoms with van der Waals surface area (Å²) < 4.78 is 13.1. The minimum atomic E-state index is -1.42. The van der Waals surface area contributed by atoms with E-state index in [0.717, 1.165) is 16.0 Å². The summed E-state index contributed by atoms with van der Waals surface area (Å²) in [4.78, 5) is 40.1. The van der Waals surface area contributed by atoms with Gasteiger partial charge >= 0.3 is 6.03 Å². The first-order chi connectivity index (χ1) is 15.8. The molecule has 0 aliphatic carbocycles. The number of benzene rings is 3. The third-order valence-corrected chi connectivity index (χ3v) is 5.96. The first-order valence-electron chi connectivity index (χ1n) is 10.6. The number of nitrogens with one attached hydrogen (secondary N) is 2. The van der Waals surface area contributed by atoms with E-state index in [0.29, 0.717) is 16.7 Å². The number of hydrogen-bond acceptors (Lipinski definition) is 3. The fourth-order valence-corrected chi connectivity index (χ4v) is 3.94. The van der Waals surface area contributed by atoms with Crippen LogP contribution in [0.4, 0.5) is 9.18 Å². The highest BCUT2D eigenvalue weighted by Gasteiger charge is 2.54. The summed E-state index contributed by atoms with van der Waals surface area (Å²) in [5.41, 5.74) is 2.57. The molecule has 0 saturated carbocycles. The first-order valence-corrected chi connectivity index (χ1v) is 10.6. The molecule has 0 bridgehead atoms. The van der Waals surface area contributed by atoms with E-state index in [1.54, 1.807) is 36.4 Å². The molecule has 2 N–H and O–H groups in total. The topological polar surface area (TPSA) is 78.5 Å². The second-order valence-corrected chi connectivity index (χ2v) is 8.14. The van der Waals surface area contributed by atoms with Crippen molar-refractivity contribution in [3.63, 3.8) is 0 Å². The van der Waals surface area contributed by atoms with E-state index in [1.807, 2.05) is 38.1 Å². The molecular weight excluding hydrogens is 421 g/mol. The molecule has 1 aliphatic rings. The van der Waals surface area contributed by atoms with Gasteiger partial charge < -0.3 is 10.6 Å². The molecule has 1 atom stereocenters. The minimum absolute atomic E-state index is 0.156. The van der Waals surface area contributed by atoms with Crippen molar-refractivity contribution in [3.05, 3.63) is 106 Å². The van der Waals surface area contributed by atoms with Crippen molar-refractivity contribution in [1.29, 1.82) is 0 Å². The Morgan fingerprint density at radius 3 is 2.30 bits per heavy atom. The Morgan fingerprint density at radius 1 is 0.939 bits per heavy atom. The normalized spacial score (nSPS) is 17.7. The molecule has 3 aromatic carbocycles. The SMILES string of the molecule is Cc1ccc(C2(c3ccccc3)NC(=O)N(CC(=O)NCc3ccc(F)cc3)C2=O)cc1C. The van der Waals surface area contributed by atoms with E-state index >= 15 is 0 Å². The van der Waals surface area contributed by atoms with Crippen LogP contribution in [-0.4, -0.2) is 29.3 Å². The number of halogens is 1. The van der Waals surface area contributed by atoms with Gasteiger partial charge in [-0.05, 0) is 53.8 Å². The van der Waals surface area contributed by atoms with Crippen molar-refractivity contribution in [2.45, 2.75) is 25.9 Å². The lowest BCUT2D eigenvalue weighted by molar-refractivity contribution is -0.134. The Balaban J connectivity index is 1.60. The smallest absolute Gasteiger partial charge is 0.326 e. The maximum Gasteiger partial charge on any atom is 0.326 e. The van der Waals surface area contributed by atoms with Gasteiger partial charge in [0.25, 0.3) is 5.91 Å². The van der Waals surface area contributed by atoms with Crippen LogP contribution in [-0.2, 0) is 21.7 Å². The number of amides is 4. The highest BCUT2D eigenvalue weighted by Crippen LogP contribution is 2.36. The second-order valence-electron chi connectivity index (χ2n) is 8.14. The quantitative estimate of drug-likeness (QED) is 0.570. The Morgan fingerprint density at radius 2 is 1.64 bits per heavy atom. The fourth-order valence-electron chi connectivity index (χ4n) is 3.94. The van der Waals surface area contributed by atoms with Crippen LogP contribution in [0.25, 0.3) is 0 Å². The van der Waals surface area contributed by atoms with Crippen LogP contribution in [0.5, 0.6) is 0 Å². The Hall–Kier alpha value is -4.00. The van der Waals surface area contributed by atoms with Crippen LogP contribution in [0.2, 0.25) is 0 Å². The number of hydrogen-bond donors (Lipinski definition) is 2. The van der Waals surface area contributed by atoms with Gasteiger partial charge in [-0.2, -0.15) is 0 Å². The predicted octanol–water partition coefficient (Wildman–Crippen LogP) is 3.55. The van der Waals surface area contributed by atoms with Gasteiger partial charge in [0.2, 0.25) is 5.91 Å². The lowest BCUT2D eigenvalue weighted by atomic mass is 9.81. The van der Waals surface area contributed by atoms with Crippen LogP contribution < -0.4 is 10.6 Å². The first kappa shape index (κ1) is 22.2. The summed E-state index contributed by atoms with van der Waals surface area (Å²) in [6, 6.07) is 19.7. The average Bonchev–Trinajstić information content (AvgIpc) is 3.06. The maximum absolute atomic E-state index is 13.7. The van der Waals surface area contributed by atoms with E-state index in [1.165, 1.54) is 12.1 Å². The van der Waals surface area contributed by atoms with Gasteiger partial charge in [0, 0.05) is 6.54 Å². The second kappa shape index (κ2) is 8.86. The molecule has 1 fully saturated rings. The Labute approximate surface area is 191 Å². The van der Waals surface area contributed by atoms with Gasteiger partial charge in [0.1, 0.15) is 12.4 Å². The summed E-state index contributed by atoms with van der Waals surface area (Å²) in [7, 11) is 0. The van der Waals surface area contributed by atoms with E-state index in [2.05, 4.69) is 10.6 Å². The largest absolute Gasteiger partial charge is 0.350 e. The summed E-state index contributed by atoms with van der Waals surface area (Å²) in [6.07, 6.45) is 0. The number of rotatable bonds is 6. The molecular formula is C26H24FN3O3. The van der Waals surface area contributed by atoms with Gasteiger partial charge in [0.15, 0.2) is 5.54 Å². The number of nitrogens with zero attached hydrogens (tertiary/aromatic N) is 1. The average molecular weight is 445 g/mol. The molecule has 3 aromatic rings. The molecule has 6 nitrogen and oxygen atoms in total. The monoisotopic (exact) mass is 445 g/mol. The van der Waals surface area contributed by atoms with Crippen molar-refractivity contribution in [2.24, 2.45) is 0 Å². The van der Waals surface area contributed by atoms with Crippen molar-refractivity contribution in [1.82, 2.24) is 15.5 Å². The van der Waals surface area contributed by atoms with Crippen LogP contribution in [0.3, 0.4) is 0 Å². The van der Waals surface area contributed by atoms with Gasteiger partial charge in [-0.25, -0.2) is 9.18 Å². The molecule has 0 radical (unpaired) electrons. The zero-order valence-electron chi connectivity index (χ0n) is 18.4. The number of imide groups is 1. The third-order valence-electron chi connectivity index (χ3n) is 5.96. The van der Waals surface area contributed by atoms with Crippen molar-refractivity contribution >= 4 is 17.8 Å². The van der Waals surface area contributed by atoms with Crippen molar-refractivity contribution < 1.29 is 18.8 Å². The lowest BCUT2D eigenvalue weighted by Crippen LogP contribution is -2.46. The van der Waals surface area contributed by atoms with Crippen molar-refractivity contribution in [2.75, 3.05) is 6.54 Å². The standard InChI is InChI=1S/C26H24FN3O3/c1-17-8-11-21(14-18(17)2)26(20-6-4-3-5-7-20)24(32)30(25(33)29-26)16-23(31)28-15-19-9-12-22(27)13-10-19/h3-14H,15-16H2,1-2H3,(H,28,31)(H,29,33). The van der Waals surface area contributed by atoms with Gasteiger partial charge in [-0.3, -0.25) is 14.5 Å². The zero-order valence-corrected chi connectivity index (χ0v) is 18.4. The molecule has 1 aliphatic heterocycles. The van der Waals surface area contributed by atoms with E-state index in [9.17, 15) is 18.8 Å². The van der Waals surface area contributed by atoms with Gasteiger partial charge in [-0.15, -0.1) is 0 Å². The van der Waals surface area contributed by atoms with E-state index in [-0.39, 0.29) is 12.4 Å². The molecule has 1 saturated heterocycles. The summed E-state index contributed by atoms with van der Waals surface area (Å²) in [6.45, 7) is 3.65. The number of carbonyl (C=O) groups excluding carboxylic acids is 3. The molecule has 7 heteroatoms. The van der Waals surface area contributed by atoms with Crippen LogP contribution in [0.1, 0.15) is 27.8 Å². The maximum atomic E-state index is 13.7. The summed E-state index contributed by atoms with van der Waals surface area (Å²) in [5.74, 6) is -1.38. The minimum Gasteiger partial charge on any atom is -0.350 e. The summed E-state index contributed by atoms with van der Waals surface area (Å²) >= 11 is 0. The zero-order chi connectivity index (χ0) is 23.6. The van der Waals surface area contributed by atoms with Crippen LogP contribution in [0.15, 0.2) is 72.8 Å². The Bertz CT molecular complexity index is 1210. The summed E-state index contributed by atoms with van der Waals surface area (Å²) in [5, 5.41) is 5.52. The molecule has 0 aromatic heterocycles. The predicted molar refractivity (Wildman–Crippen MR) is 122 cm³/mol. The van der Waals surface area contributed by atoms with Crippen LogP contribution in [0, 0.1) is 19.7 Å². The van der Waals surface area contributed by atoms with Crippen molar-refractivity contribution in [3.8, 4) is 0 Å². The molecule has 33 heavy (non-hydrogen) atoms. The highest BCUT2D eigenvalue weighted by atomic mass is 19.1. The molecule has 1 heterocycles. The van der Waals surface area contributed by atoms with Gasteiger partial charge in [-0.1, -0.05) is 60.7 Å². The number of aryl methyl sites for hydroxylation is 2. The third kappa shape index (κ3) is 4.22. The fraction of sp³-hybridized carbons (Fsp3) is 0.192. The highest BCUT2D eigenvalue weighted by molar-refractivity contribution is 6.11. The van der Waals surface area contributed by atoms with Crippen LogP contribution >= 0.6 is 0 Å². The molecule has 168 valence electrons. The number of urea groups is 1. The molecule has 4 amide bonds. The van der Waals surface area contributed by atoms with E-state index < -0.39 is 29.9 Å².